The molecule has 5 nitrogen and oxygen atoms in total. The van der Waals surface area contributed by atoms with E-state index in [0.717, 1.165) is 16.9 Å². The van der Waals surface area contributed by atoms with Gasteiger partial charge in [0.15, 0.2) is 11.5 Å². The summed E-state index contributed by atoms with van der Waals surface area (Å²) in [5.41, 5.74) is 4.98. The van der Waals surface area contributed by atoms with Gasteiger partial charge >= 0.3 is 0 Å². The molecule has 1 N–H and O–H groups in total. The third kappa shape index (κ3) is 3.91. The highest BCUT2D eigenvalue weighted by Crippen LogP contribution is 2.27. The first-order chi connectivity index (χ1) is 10.8. The molecule has 0 fully saturated rings. The molecular formula is C17H20N2O3. The van der Waals surface area contributed by atoms with Crippen LogP contribution in [0.1, 0.15) is 11.1 Å². The summed E-state index contributed by atoms with van der Waals surface area (Å²) in [5, 5.41) is 4.22. The van der Waals surface area contributed by atoms with E-state index in [-0.39, 0.29) is 0 Å². The molecule has 0 aliphatic heterocycles. The van der Waals surface area contributed by atoms with Crippen LogP contribution in [0.5, 0.6) is 17.2 Å². The van der Waals surface area contributed by atoms with Gasteiger partial charge in [-0.3, -0.25) is 0 Å². The number of nitrogens with one attached hydrogen (secondary N) is 1. The molecule has 0 saturated heterocycles. The van der Waals surface area contributed by atoms with E-state index in [9.17, 15) is 0 Å². The van der Waals surface area contributed by atoms with Crippen LogP contribution in [0.4, 0.5) is 0 Å². The van der Waals surface area contributed by atoms with Gasteiger partial charge in [-0.05, 0) is 29.8 Å². The molecule has 2 aromatic carbocycles. The normalized spacial score (nSPS) is 10.5. The number of ether oxygens (including phenoxy) is 3. The maximum absolute atomic E-state index is 5.28. The van der Waals surface area contributed by atoms with E-state index in [1.807, 2.05) is 42.5 Å². The van der Waals surface area contributed by atoms with Crippen molar-refractivity contribution >= 4 is 6.21 Å². The lowest BCUT2D eigenvalue weighted by Gasteiger charge is -2.09. The number of hydrazone groups is 1. The summed E-state index contributed by atoms with van der Waals surface area (Å²) in [6, 6.07) is 13.5. The van der Waals surface area contributed by atoms with Crippen molar-refractivity contribution in [2.45, 2.75) is 6.54 Å². The third-order valence-corrected chi connectivity index (χ3v) is 3.16. The van der Waals surface area contributed by atoms with Gasteiger partial charge in [-0.25, -0.2) is 0 Å². The standard InChI is InChI=1S/C17H20N2O3/c1-20-15-7-5-4-6-14(15)12-19-18-11-13-8-9-16(21-2)17(10-13)22-3/h4-10,12,18H,11H2,1-3H3/b19-12+. The van der Waals surface area contributed by atoms with Crippen LogP contribution in [0.2, 0.25) is 0 Å². The zero-order chi connectivity index (χ0) is 15.8. The van der Waals surface area contributed by atoms with Crippen molar-refractivity contribution in [3.63, 3.8) is 0 Å². The molecule has 0 aromatic heterocycles. The Morgan fingerprint density at radius 3 is 2.36 bits per heavy atom. The fraction of sp³-hybridized carbons (Fsp3) is 0.235. The number of hydrogen-bond donors (Lipinski definition) is 1. The van der Waals surface area contributed by atoms with Crippen LogP contribution in [-0.4, -0.2) is 27.5 Å². The lowest BCUT2D eigenvalue weighted by molar-refractivity contribution is 0.354. The van der Waals surface area contributed by atoms with Gasteiger partial charge in [0.05, 0.1) is 34.1 Å². The van der Waals surface area contributed by atoms with Crippen LogP contribution in [-0.2, 0) is 6.54 Å². The lowest BCUT2D eigenvalue weighted by Crippen LogP contribution is -2.06. The van der Waals surface area contributed by atoms with Crippen LogP contribution >= 0.6 is 0 Å². The molecule has 0 amide bonds. The van der Waals surface area contributed by atoms with Crippen LogP contribution in [0, 0.1) is 0 Å². The number of nitrogens with zero attached hydrogens (tertiary/aromatic N) is 1. The van der Waals surface area contributed by atoms with Gasteiger partial charge in [-0.1, -0.05) is 18.2 Å². The van der Waals surface area contributed by atoms with E-state index >= 15 is 0 Å². The Morgan fingerprint density at radius 2 is 1.64 bits per heavy atom. The lowest BCUT2D eigenvalue weighted by atomic mass is 10.2. The van der Waals surface area contributed by atoms with Gasteiger partial charge < -0.3 is 19.6 Å². The fourth-order valence-electron chi connectivity index (χ4n) is 2.02. The molecule has 0 atom stereocenters. The Labute approximate surface area is 130 Å². The number of methoxy groups -OCH3 is 3. The maximum atomic E-state index is 5.28. The minimum absolute atomic E-state index is 0.589. The SMILES string of the molecule is COc1ccccc1/C=N/NCc1ccc(OC)c(OC)c1. The Morgan fingerprint density at radius 1 is 0.909 bits per heavy atom. The molecule has 0 radical (unpaired) electrons. The van der Waals surface area contributed by atoms with Crippen LogP contribution in [0.15, 0.2) is 47.6 Å². The largest absolute Gasteiger partial charge is 0.496 e. The molecule has 0 bridgehead atoms. The summed E-state index contributed by atoms with van der Waals surface area (Å²) in [5.74, 6) is 2.21. The highest BCUT2D eigenvalue weighted by Gasteiger charge is 2.03. The summed E-state index contributed by atoms with van der Waals surface area (Å²) >= 11 is 0. The average molecular weight is 300 g/mol. The highest BCUT2D eigenvalue weighted by molar-refractivity contribution is 5.83. The number of benzene rings is 2. The topological polar surface area (TPSA) is 52.1 Å². The molecule has 0 spiro atoms. The Kier molecular flexibility index (Phi) is 5.65. The van der Waals surface area contributed by atoms with E-state index in [1.54, 1.807) is 27.5 Å². The maximum Gasteiger partial charge on any atom is 0.161 e. The van der Waals surface area contributed by atoms with Crippen LogP contribution < -0.4 is 19.6 Å². The average Bonchev–Trinajstić information content (AvgIpc) is 2.58. The molecule has 0 saturated carbocycles. The minimum atomic E-state index is 0.589. The molecule has 116 valence electrons. The van der Waals surface area contributed by atoms with E-state index in [0.29, 0.717) is 18.0 Å². The Hall–Kier alpha value is -2.69. The summed E-state index contributed by atoms with van der Waals surface area (Å²) < 4.78 is 15.8. The molecule has 0 heterocycles. The number of hydrogen-bond acceptors (Lipinski definition) is 5. The van der Waals surface area contributed by atoms with Gasteiger partial charge in [0.1, 0.15) is 5.75 Å². The number of para-hydroxylation sites is 1. The van der Waals surface area contributed by atoms with Crippen molar-refractivity contribution in [1.82, 2.24) is 5.43 Å². The van der Waals surface area contributed by atoms with E-state index in [4.69, 9.17) is 14.2 Å². The first-order valence-corrected chi connectivity index (χ1v) is 6.88. The van der Waals surface area contributed by atoms with E-state index < -0.39 is 0 Å². The second kappa shape index (κ2) is 7.93. The van der Waals surface area contributed by atoms with E-state index in [2.05, 4.69) is 10.5 Å². The second-order valence-electron chi connectivity index (χ2n) is 4.52. The molecular weight excluding hydrogens is 280 g/mol. The van der Waals surface area contributed by atoms with Gasteiger partial charge in [0.25, 0.3) is 0 Å². The monoisotopic (exact) mass is 300 g/mol. The second-order valence-corrected chi connectivity index (χ2v) is 4.52. The third-order valence-electron chi connectivity index (χ3n) is 3.16. The Balaban J connectivity index is 1.97. The highest BCUT2D eigenvalue weighted by atomic mass is 16.5. The zero-order valence-electron chi connectivity index (χ0n) is 13.0. The molecule has 2 rings (SSSR count). The first kappa shape index (κ1) is 15.7. The van der Waals surface area contributed by atoms with Gasteiger partial charge in [0.2, 0.25) is 0 Å². The quantitative estimate of drug-likeness (QED) is 0.631. The van der Waals surface area contributed by atoms with Crippen molar-refractivity contribution < 1.29 is 14.2 Å². The minimum Gasteiger partial charge on any atom is -0.496 e. The fourth-order valence-corrected chi connectivity index (χ4v) is 2.02. The molecule has 0 aliphatic rings. The summed E-state index contributed by atoms with van der Waals surface area (Å²) in [6.45, 7) is 0.589. The molecule has 2 aromatic rings. The zero-order valence-corrected chi connectivity index (χ0v) is 13.0. The summed E-state index contributed by atoms with van der Waals surface area (Å²) in [7, 11) is 4.88. The van der Waals surface area contributed by atoms with Crippen molar-refractivity contribution in [1.29, 1.82) is 0 Å². The van der Waals surface area contributed by atoms with Crippen LogP contribution in [0.25, 0.3) is 0 Å². The van der Waals surface area contributed by atoms with Crippen molar-refractivity contribution in [2.75, 3.05) is 21.3 Å². The summed E-state index contributed by atoms with van der Waals surface area (Å²) in [6.07, 6.45) is 1.74. The van der Waals surface area contributed by atoms with Gasteiger partial charge in [0, 0.05) is 5.56 Å². The van der Waals surface area contributed by atoms with Gasteiger partial charge in [-0.2, -0.15) is 5.10 Å². The molecule has 0 unspecified atom stereocenters. The smallest absolute Gasteiger partial charge is 0.161 e. The molecule has 5 heteroatoms. The number of rotatable bonds is 7. The Bertz CT molecular complexity index is 642. The van der Waals surface area contributed by atoms with Crippen LogP contribution in [0.3, 0.4) is 0 Å². The molecule has 0 aliphatic carbocycles. The predicted octanol–water partition coefficient (Wildman–Crippen LogP) is 2.84. The van der Waals surface area contributed by atoms with Gasteiger partial charge in [-0.15, -0.1) is 0 Å². The molecule has 22 heavy (non-hydrogen) atoms. The first-order valence-electron chi connectivity index (χ1n) is 6.88. The van der Waals surface area contributed by atoms with Crippen molar-refractivity contribution in [2.24, 2.45) is 5.10 Å². The summed E-state index contributed by atoms with van der Waals surface area (Å²) in [4.78, 5) is 0. The van der Waals surface area contributed by atoms with Crippen molar-refractivity contribution in [3.8, 4) is 17.2 Å². The van der Waals surface area contributed by atoms with E-state index in [1.165, 1.54) is 0 Å². The predicted molar refractivity (Wildman–Crippen MR) is 87.0 cm³/mol. The van der Waals surface area contributed by atoms with Crippen molar-refractivity contribution in [3.05, 3.63) is 53.6 Å².